The topological polar surface area (TPSA) is 127 Å². The van der Waals surface area contributed by atoms with Crippen molar-refractivity contribution in [3.63, 3.8) is 0 Å². The molecule has 1 N–H and O–H groups in total. The van der Waals surface area contributed by atoms with Crippen molar-refractivity contribution in [3.05, 3.63) is 64.5 Å². The van der Waals surface area contributed by atoms with Crippen LogP contribution in [-0.2, 0) is 33.0 Å². The number of fused-ring (bicyclic) bond motifs is 2. The standard InChI is InChI=1S/C23H25N5O5S/c1-14(22-25-17-8-6-5-7-16(17)23(30)26-22)33-21(29)12-11-20-24-18-13-15(34(31,32)27(2)3)9-10-19(18)28(20)4/h5-10,13-14H,11-12H2,1-4H3,(H,25,26,30). The third-order valence-corrected chi connectivity index (χ3v) is 7.41. The van der Waals surface area contributed by atoms with Crippen molar-refractivity contribution in [2.75, 3.05) is 14.1 Å². The molecule has 0 radical (unpaired) electrons. The monoisotopic (exact) mass is 483 g/mol. The number of nitrogens with zero attached hydrogens (tertiary/aromatic N) is 4. The van der Waals surface area contributed by atoms with E-state index in [4.69, 9.17) is 4.74 Å². The molecule has 0 spiro atoms. The summed E-state index contributed by atoms with van der Waals surface area (Å²) in [7, 11) is 1.17. The lowest BCUT2D eigenvalue weighted by Gasteiger charge is -2.13. The van der Waals surface area contributed by atoms with E-state index < -0.39 is 22.1 Å². The molecule has 4 rings (SSSR count). The molecule has 1 atom stereocenters. The summed E-state index contributed by atoms with van der Waals surface area (Å²) in [5, 5.41) is 0.466. The van der Waals surface area contributed by atoms with E-state index in [1.165, 1.54) is 26.2 Å². The lowest BCUT2D eigenvalue weighted by Crippen LogP contribution is -2.22. The highest BCUT2D eigenvalue weighted by Crippen LogP contribution is 2.22. The van der Waals surface area contributed by atoms with Gasteiger partial charge >= 0.3 is 5.97 Å². The molecule has 10 nitrogen and oxygen atoms in total. The Morgan fingerprint density at radius 1 is 1.15 bits per heavy atom. The van der Waals surface area contributed by atoms with Crippen LogP contribution in [0, 0.1) is 0 Å². The van der Waals surface area contributed by atoms with Crippen LogP contribution in [0.15, 0.2) is 52.2 Å². The average Bonchev–Trinajstić information content (AvgIpc) is 3.12. The minimum atomic E-state index is -3.58. The van der Waals surface area contributed by atoms with Crippen LogP contribution in [0.25, 0.3) is 21.9 Å². The summed E-state index contributed by atoms with van der Waals surface area (Å²) in [5.41, 5.74) is 1.52. The highest BCUT2D eigenvalue weighted by atomic mass is 32.2. The molecular formula is C23H25N5O5S. The molecule has 0 aliphatic rings. The first-order valence-corrected chi connectivity index (χ1v) is 12.1. The van der Waals surface area contributed by atoms with E-state index in [2.05, 4.69) is 15.0 Å². The van der Waals surface area contributed by atoms with Gasteiger partial charge in [-0.15, -0.1) is 0 Å². The zero-order valence-electron chi connectivity index (χ0n) is 19.3. The molecule has 178 valence electrons. The fourth-order valence-electron chi connectivity index (χ4n) is 3.65. The predicted molar refractivity (Wildman–Crippen MR) is 127 cm³/mol. The largest absolute Gasteiger partial charge is 0.454 e. The molecule has 0 amide bonds. The zero-order chi connectivity index (χ0) is 24.6. The summed E-state index contributed by atoms with van der Waals surface area (Å²) in [4.78, 5) is 36.5. The van der Waals surface area contributed by atoms with Crippen molar-refractivity contribution in [3.8, 4) is 0 Å². The lowest BCUT2D eigenvalue weighted by atomic mass is 10.2. The van der Waals surface area contributed by atoms with Crippen LogP contribution in [0.1, 0.15) is 31.1 Å². The number of ether oxygens (including phenoxy) is 1. The zero-order valence-corrected chi connectivity index (χ0v) is 20.1. The fourth-order valence-corrected chi connectivity index (χ4v) is 4.57. The van der Waals surface area contributed by atoms with E-state index in [0.717, 1.165) is 9.82 Å². The lowest BCUT2D eigenvalue weighted by molar-refractivity contribution is -0.148. The number of aromatic amines is 1. The van der Waals surface area contributed by atoms with Crippen LogP contribution >= 0.6 is 0 Å². The van der Waals surface area contributed by atoms with Gasteiger partial charge in [0.2, 0.25) is 10.0 Å². The van der Waals surface area contributed by atoms with Gasteiger partial charge in [-0.3, -0.25) is 9.59 Å². The maximum Gasteiger partial charge on any atom is 0.306 e. The van der Waals surface area contributed by atoms with Crippen molar-refractivity contribution in [1.82, 2.24) is 23.8 Å². The number of nitrogens with one attached hydrogen (secondary N) is 1. The van der Waals surface area contributed by atoms with Gasteiger partial charge < -0.3 is 14.3 Å². The van der Waals surface area contributed by atoms with Gasteiger partial charge in [0.15, 0.2) is 11.9 Å². The predicted octanol–water partition coefficient (Wildman–Crippen LogP) is 2.30. The molecule has 0 bridgehead atoms. The first kappa shape index (κ1) is 23.6. The highest BCUT2D eigenvalue weighted by Gasteiger charge is 2.20. The molecule has 2 aromatic heterocycles. The fraction of sp³-hybridized carbons (Fsp3) is 0.304. The maximum atomic E-state index is 12.5. The average molecular weight is 484 g/mol. The summed E-state index contributed by atoms with van der Waals surface area (Å²) in [6.45, 7) is 1.65. The molecule has 4 aromatic rings. The molecule has 0 saturated heterocycles. The number of benzene rings is 2. The maximum absolute atomic E-state index is 12.5. The second-order valence-corrected chi connectivity index (χ2v) is 10.3. The molecule has 2 heterocycles. The van der Waals surface area contributed by atoms with Gasteiger partial charge in [0.05, 0.1) is 33.3 Å². The molecule has 1 unspecified atom stereocenters. The Morgan fingerprint density at radius 2 is 1.88 bits per heavy atom. The van der Waals surface area contributed by atoms with Gasteiger partial charge in [0.1, 0.15) is 5.82 Å². The second kappa shape index (κ2) is 8.99. The smallest absolute Gasteiger partial charge is 0.306 e. The summed E-state index contributed by atoms with van der Waals surface area (Å²) < 4.78 is 33.2. The van der Waals surface area contributed by atoms with Crippen molar-refractivity contribution in [2.24, 2.45) is 7.05 Å². The van der Waals surface area contributed by atoms with Gasteiger partial charge in [-0.05, 0) is 37.3 Å². The van der Waals surface area contributed by atoms with E-state index in [0.29, 0.717) is 28.7 Å². The van der Waals surface area contributed by atoms with Gasteiger partial charge in [-0.25, -0.2) is 22.7 Å². The minimum Gasteiger partial charge on any atom is -0.454 e. The Balaban J connectivity index is 1.47. The summed E-state index contributed by atoms with van der Waals surface area (Å²) in [6, 6.07) is 11.7. The number of para-hydroxylation sites is 1. The number of sulfonamides is 1. The number of hydrogen-bond acceptors (Lipinski definition) is 7. The van der Waals surface area contributed by atoms with Crippen LogP contribution in [0.5, 0.6) is 0 Å². The molecule has 0 saturated carbocycles. The molecule has 2 aromatic carbocycles. The number of aromatic nitrogens is 4. The van der Waals surface area contributed by atoms with E-state index in [9.17, 15) is 18.0 Å². The Morgan fingerprint density at radius 3 is 2.62 bits per heavy atom. The summed E-state index contributed by atoms with van der Waals surface area (Å²) >= 11 is 0. The van der Waals surface area contributed by atoms with Crippen LogP contribution < -0.4 is 5.56 Å². The molecule has 0 aliphatic carbocycles. The molecule has 0 aliphatic heterocycles. The van der Waals surface area contributed by atoms with Crippen LogP contribution in [0.2, 0.25) is 0 Å². The van der Waals surface area contributed by atoms with Crippen LogP contribution in [0.4, 0.5) is 0 Å². The van der Waals surface area contributed by atoms with Crippen molar-refractivity contribution >= 4 is 37.9 Å². The number of aryl methyl sites for hydroxylation is 2. The third kappa shape index (κ3) is 4.44. The van der Waals surface area contributed by atoms with Crippen molar-refractivity contribution in [2.45, 2.75) is 30.8 Å². The van der Waals surface area contributed by atoms with Crippen LogP contribution in [-0.4, -0.2) is 52.3 Å². The normalized spacial score (nSPS) is 13.0. The summed E-state index contributed by atoms with van der Waals surface area (Å²) in [6.07, 6.45) is -0.375. The molecule has 0 fully saturated rings. The third-order valence-electron chi connectivity index (χ3n) is 5.60. The quantitative estimate of drug-likeness (QED) is 0.400. The second-order valence-electron chi connectivity index (χ2n) is 8.13. The molecule has 34 heavy (non-hydrogen) atoms. The Labute approximate surface area is 196 Å². The molecule has 11 heteroatoms. The number of rotatable bonds is 7. The first-order valence-electron chi connectivity index (χ1n) is 10.6. The van der Waals surface area contributed by atoms with Crippen LogP contribution in [0.3, 0.4) is 0 Å². The Kier molecular flexibility index (Phi) is 6.24. The number of imidazole rings is 1. The Bertz CT molecular complexity index is 1560. The first-order chi connectivity index (χ1) is 16.1. The number of carbonyl (C=O) groups excluding carboxylic acids is 1. The SMILES string of the molecule is CC(OC(=O)CCc1nc2cc(S(=O)(=O)N(C)C)ccc2n1C)c1nc2ccccc2c(=O)[nH]1. The van der Waals surface area contributed by atoms with E-state index in [1.54, 1.807) is 37.3 Å². The Hall–Kier alpha value is -3.57. The number of carbonyl (C=O) groups is 1. The van der Waals surface area contributed by atoms with E-state index in [-0.39, 0.29) is 22.7 Å². The van der Waals surface area contributed by atoms with Gasteiger partial charge in [-0.1, -0.05) is 12.1 Å². The van der Waals surface area contributed by atoms with Crippen molar-refractivity contribution < 1.29 is 17.9 Å². The van der Waals surface area contributed by atoms with Crippen molar-refractivity contribution in [1.29, 1.82) is 0 Å². The number of esters is 1. The van der Waals surface area contributed by atoms with E-state index >= 15 is 0 Å². The van der Waals surface area contributed by atoms with Gasteiger partial charge in [-0.2, -0.15) is 0 Å². The number of hydrogen-bond donors (Lipinski definition) is 1. The molecular weight excluding hydrogens is 458 g/mol. The highest BCUT2D eigenvalue weighted by molar-refractivity contribution is 7.89. The van der Waals surface area contributed by atoms with Gasteiger partial charge in [0.25, 0.3) is 5.56 Å². The number of H-pyrrole nitrogens is 1. The summed E-state index contributed by atoms with van der Waals surface area (Å²) in [5.74, 6) is 0.428. The van der Waals surface area contributed by atoms with Gasteiger partial charge in [0, 0.05) is 27.6 Å². The minimum absolute atomic E-state index is 0.0577. The van der Waals surface area contributed by atoms with E-state index in [1.807, 2.05) is 11.6 Å².